The van der Waals surface area contributed by atoms with Crippen molar-refractivity contribution >= 4 is 11.6 Å². The van der Waals surface area contributed by atoms with E-state index in [0.29, 0.717) is 5.69 Å². The molecule has 0 aromatic heterocycles. The number of ether oxygens (including phenoxy) is 1. The Hall–Kier alpha value is -2.43. The molecular formula is C18H17F2NO2. The van der Waals surface area contributed by atoms with Gasteiger partial charge in [-0.3, -0.25) is 4.79 Å². The van der Waals surface area contributed by atoms with Crippen LogP contribution in [-0.2, 0) is 0 Å². The van der Waals surface area contributed by atoms with Crippen LogP contribution in [0.5, 0.6) is 5.75 Å². The number of carbonyl (C=O) groups excluding carboxylic acids is 1. The zero-order valence-corrected chi connectivity index (χ0v) is 12.5. The summed E-state index contributed by atoms with van der Waals surface area (Å²) in [6.45, 7) is 0. The summed E-state index contributed by atoms with van der Waals surface area (Å²) in [6.07, 6.45) is 4.78. The monoisotopic (exact) mass is 317 g/mol. The highest BCUT2D eigenvalue weighted by Gasteiger charge is 2.17. The highest BCUT2D eigenvalue weighted by molar-refractivity contribution is 6.04. The van der Waals surface area contributed by atoms with E-state index < -0.39 is 17.5 Å². The zero-order chi connectivity index (χ0) is 16.2. The first-order valence-electron chi connectivity index (χ1n) is 7.65. The number of anilines is 1. The SMILES string of the molecule is O=C(Nc1ccc(OC2CCCC2)cc1)c1cccc(F)c1F. The molecule has 1 amide bonds. The molecule has 0 bridgehead atoms. The van der Waals surface area contributed by atoms with Crippen LogP contribution in [0.3, 0.4) is 0 Å². The molecule has 1 aliphatic rings. The van der Waals surface area contributed by atoms with E-state index in [-0.39, 0.29) is 11.7 Å². The maximum Gasteiger partial charge on any atom is 0.258 e. The van der Waals surface area contributed by atoms with Crippen molar-refractivity contribution in [2.45, 2.75) is 31.8 Å². The van der Waals surface area contributed by atoms with E-state index in [1.54, 1.807) is 24.3 Å². The van der Waals surface area contributed by atoms with Crippen LogP contribution in [0.2, 0.25) is 0 Å². The van der Waals surface area contributed by atoms with E-state index in [1.165, 1.54) is 25.0 Å². The molecule has 0 saturated heterocycles. The molecule has 1 fully saturated rings. The summed E-state index contributed by atoms with van der Waals surface area (Å²) >= 11 is 0. The predicted molar refractivity (Wildman–Crippen MR) is 83.6 cm³/mol. The lowest BCUT2D eigenvalue weighted by atomic mass is 10.2. The van der Waals surface area contributed by atoms with Crippen molar-refractivity contribution in [3.05, 3.63) is 59.7 Å². The number of nitrogens with one attached hydrogen (secondary N) is 1. The first-order valence-corrected chi connectivity index (χ1v) is 7.65. The number of halogens is 2. The Labute approximate surface area is 133 Å². The summed E-state index contributed by atoms with van der Waals surface area (Å²) in [5, 5.41) is 2.55. The third-order valence-corrected chi connectivity index (χ3v) is 3.91. The molecule has 3 rings (SSSR count). The van der Waals surface area contributed by atoms with Crippen molar-refractivity contribution < 1.29 is 18.3 Å². The molecule has 3 nitrogen and oxygen atoms in total. The third kappa shape index (κ3) is 3.67. The fourth-order valence-electron chi connectivity index (χ4n) is 2.69. The predicted octanol–water partition coefficient (Wildman–Crippen LogP) is 4.54. The molecule has 1 aliphatic carbocycles. The molecule has 0 atom stereocenters. The van der Waals surface area contributed by atoms with Crippen molar-refractivity contribution in [1.29, 1.82) is 0 Å². The molecule has 0 unspecified atom stereocenters. The van der Waals surface area contributed by atoms with Crippen LogP contribution in [0.25, 0.3) is 0 Å². The van der Waals surface area contributed by atoms with Crippen LogP contribution in [0.1, 0.15) is 36.0 Å². The number of carbonyl (C=O) groups is 1. The van der Waals surface area contributed by atoms with Gasteiger partial charge in [-0.2, -0.15) is 0 Å². The Bertz CT molecular complexity index is 695. The average molecular weight is 317 g/mol. The number of hydrogen-bond acceptors (Lipinski definition) is 2. The summed E-state index contributed by atoms with van der Waals surface area (Å²) < 4.78 is 32.6. The van der Waals surface area contributed by atoms with Gasteiger partial charge >= 0.3 is 0 Å². The van der Waals surface area contributed by atoms with Crippen LogP contribution in [0, 0.1) is 11.6 Å². The molecule has 2 aromatic rings. The van der Waals surface area contributed by atoms with Gasteiger partial charge in [0.2, 0.25) is 0 Å². The van der Waals surface area contributed by atoms with Gasteiger partial charge in [0, 0.05) is 5.69 Å². The number of amides is 1. The zero-order valence-electron chi connectivity index (χ0n) is 12.5. The average Bonchev–Trinajstić information content (AvgIpc) is 3.05. The molecule has 5 heteroatoms. The first kappa shape index (κ1) is 15.5. The Kier molecular flexibility index (Phi) is 4.55. The highest BCUT2D eigenvalue weighted by Crippen LogP contribution is 2.25. The van der Waals surface area contributed by atoms with Crippen molar-refractivity contribution in [3.63, 3.8) is 0 Å². The summed E-state index contributed by atoms with van der Waals surface area (Å²) in [7, 11) is 0. The maximum atomic E-state index is 13.6. The van der Waals surface area contributed by atoms with E-state index in [9.17, 15) is 13.6 Å². The summed E-state index contributed by atoms with van der Waals surface area (Å²) in [6, 6.07) is 10.4. The van der Waals surface area contributed by atoms with Gasteiger partial charge in [-0.1, -0.05) is 6.07 Å². The van der Waals surface area contributed by atoms with Crippen molar-refractivity contribution in [2.75, 3.05) is 5.32 Å². The van der Waals surface area contributed by atoms with Crippen molar-refractivity contribution in [3.8, 4) is 5.75 Å². The molecule has 1 saturated carbocycles. The van der Waals surface area contributed by atoms with E-state index in [1.807, 2.05) is 0 Å². The largest absolute Gasteiger partial charge is 0.490 e. The minimum Gasteiger partial charge on any atom is -0.490 e. The molecule has 0 heterocycles. The van der Waals surface area contributed by atoms with Gasteiger partial charge in [0.1, 0.15) is 5.75 Å². The Balaban J connectivity index is 1.65. The minimum absolute atomic E-state index is 0.261. The van der Waals surface area contributed by atoms with Crippen LogP contribution in [-0.4, -0.2) is 12.0 Å². The number of rotatable bonds is 4. The maximum absolute atomic E-state index is 13.6. The van der Waals surface area contributed by atoms with Crippen LogP contribution < -0.4 is 10.1 Å². The van der Waals surface area contributed by atoms with E-state index in [0.717, 1.165) is 24.7 Å². The van der Waals surface area contributed by atoms with Gasteiger partial charge in [0.05, 0.1) is 11.7 Å². The fraction of sp³-hybridized carbons (Fsp3) is 0.278. The minimum atomic E-state index is -1.15. The molecule has 1 N–H and O–H groups in total. The molecular weight excluding hydrogens is 300 g/mol. The number of hydrogen-bond donors (Lipinski definition) is 1. The fourth-order valence-corrected chi connectivity index (χ4v) is 2.69. The van der Waals surface area contributed by atoms with Gasteiger partial charge in [-0.15, -0.1) is 0 Å². The summed E-state index contributed by atoms with van der Waals surface area (Å²) in [5.74, 6) is -2.14. The summed E-state index contributed by atoms with van der Waals surface area (Å²) in [4.78, 5) is 12.0. The lowest BCUT2D eigenvalue weighted by Gasteiger charge is -2.13. The second kappa shape index (κ2) is 6.77. The molecule has 2 aromatic carbocycles. The first-order chi connectivity index (χ1) is 11.1. The molecule has 0 aliphatic heterocycles. The number of benzene rings is 2. The van der Waals surface area contributed by atoms with Gasteiger partial charge in [0.15, 0.2) is 11.6 Å². The normalized spacial score (nSPS) is 14.7. The van der Waals surface area contributed by atoms with Gasteiger partial charge in [-0.05, 0) is 62.1 Å². The van der Waals surface area contributed by atoms with Crippen LogP contribution in [0.4, 0.5) is 14.5 Å². The smallest absolute Gasteiger partial charge is 0.258 e. The van der Waals surface area contributed by atoms with Crippen LogP contribution in [0.15, 0.2) is 42.5 Å². The van der Waals surface area contributed by atoms with E-state index >= 15 is 0 Å². The standard InChI is InChI=1S/C18H17F2NO2/c19-16-7-3-6-15(17(16)20)18(22)21-12-8-10-14(11-9-12)23-13-4-1-2-5-13/h3,6-11,13H,1-2,4-5H2,(H,21,22). The molecule has 23 heavy (non-hydrogen) atoms. The lowest BCUT2D eigenvalue weighted by Crippen LogP contribution is -2.14. The van der Waals surface area contributed by atoms with E-state index in [4.69, 9.17) is 4.74 Å². The van der Waals surface area contributed by atoms with Crippen molar-refractivity contribution in [1.82, 2.24) is 0 Å². The molecule has 0 spiro atoms. The second-order valence-electron chi connectivity index (χ2n) is 5.60. The second-order valence-corrected chi connectivity index (χ2v) is 5.60. The van der Waals surface area contributed by atoms with Crippen LogP contribution >= 0.6 is 0 Å². The Morgan fingerprint density at radius 2 is 1.74 bits per heavy atom. The van der Waals surface area contributed by atoms with Gasteiger partial charge < -0.3 is 10.1 Å². The molecule has 120 valence electrons. The Morgan fingerprint density at radius 3 is 2.43 bits per heavy atom. The highest BCUT2D eigenvalue weighted by atomic mass is 19.2. The lowest BCUT2D eigenvalue weighted by molar-refractivity contribution is 0.102. The summed E-state index contributed by atoms with van der Waals surface area (Å²) in [5.41, 5.74) is 0.175. The van der Waals surface area contributed by atoms with Crippen molar-refractivity contribution in [2.24, 2.45) is 0 Å². The van der Waals surface area contributed by atoms with Gasteiger partial charge in [-0.25, -0.2) is 8.78 Å². The Morgan fingerprint density at radius 1 is 1.04 bits per heavy atom. The third-order valence-electron chi connectivity index (χ3n) is 3.91. The topological polar surface area (TPSA) is 38.3 Å². The quantitative estimate of drug-likeness (QED) is 0.899. The molecule has 0 radical (unpaired) electrons. The van der Waals surface area contributed by atoms with E-state index in [2.05, 4.69) is 5.32 Å². The van der Waals surface area contributed by atoms with Gasteiger partial charge in [0.25, 0.3) is 5.91 Å².